The summed E-state index contributed by atoms with van der Waals surface area (Å²) in [6.45, 7) is 2.92. The van der Waals surface area contributed by atoms with E-state index in [-0.39, 0.29) is 18.5 Å². The molecule has 2 unspecified atom stereocenters. The van der Waals surface area contributed by atoms with Gasteiger partial charge in [0.2, 0.25) is 11.8 Å². The molecule has 1 amide bonds. The molecule has 3 heterocycles. The molecule has 0 aromatic carbocycles. The Morgan fingerprint density at radius 2 is 2.48 bits per heavy atom. The topological polar surface area (TPSA) is 91.7 Å². The molecule has 0 saturated carbocycles. The minimum absolute atomic E-state index is 0.138. The lowest BCUT2D eigenvalue weighted by atomic mass is 10.1. The third-order valence-corrected chi connectivity index (χ3v) is 4.10. The van der Waals surface area contributed by atoms with Crippen molar-refractivity contribution in [2.24, 2.45) is 0 Å². The maximum atomic E-state index is 12.1. The van der Waals surface area contributed by atoms with Crippen molar-refractivity contribution in [2.45, 2.75) is 38.3 Å². The van der Waals surface area contributed by atoms with E-state index in [0.717, 1.165) is 25.1 Å². The van der Waals surface area contributed by atoms with Crippen molar-refractivity contribution in [2.75, 3.05) is 18.4 Å². The van der Waals surface area contributed by atoms with Gasteiger partial charge >= 0.3 is 0 Å². The van der Waals surface area contributed by atoms with Gasteiger partial charge in [0, 0.05) is 12.1 Å². The van der Waals surface area contributed by atoms with Crippen LogP contribution in [0.5, 0.6) is 0 Å². The molecule has 0 radical (unpaired) electrons. The molecule has 0 aliphatic carbocycles. The first-order valence-corrected chi connectivity index (χ1v) is 7.80. The molecular weight excluding hydrogens is 298 g/mol. The second kappa shape index (κ2) is 6.97. The highest BCUT2D eigenvalue weighted by molar-refractivity contribution is 5.91. The molecular formula is C16H21N3O4. The van der Waals surface area contributed by atoms with Crippen molar-refractivity contribution in [1.29, 1.82) is 0 Å². The van der Waals surface area contributed by atoms with Crippen LogP contribution in [0, 0.1) is 6.92 Å². The predicted octanol–water partition coefficient (Wildman–Crippen LogP) is 2.10. The number of aliphatic hydroxyl groups is 1. The monoisotopic (exact) mass is 319 g/mol. The highest BCUT2D eigenvalue weighted by Gasteiger charge is 2.29. The van der Waals surface area contributed by atoms with Gasteiger partial charge in [-0.25, -0.2) is 0 Å². The number of nitrogens with zero attached hydrogens (tertiary/aromatic N) is 2. The van der Waals surface area contributed by atoms with E-state index in [1.165, 1.54) is 0 Å². The molecule has 1 aliphatic heterocycles. The number of aryl methyl sites for hydroxylation is 1. The van der Waals surface area contributed by atoms with Gasteiger partial charge in [-0.05, 0) is 44.9 Å². The Kier molecular flexibility index (Phi) is 4.78. The smallest absolute Gasteiger partial charge is 0.240 e. The lowest BCUT2D eigenvalue weighted by Gasteiger charge is -2.25. The number of likely N-dealkylation sites (tertiary alicyclic amines) is 1. The Hall–Kier alpha value is -2.12. The molecule has 2 atom stereocenters. The second-order valence-corrected chi connectivity index (χ2v) is 5.91. The number of furan rings is 1. The highest BCUT2D eigenvalue weighted by atomic mass is 16.5. The van der Waals surface area contributed by atoms with Crippen molar-refractivity contribution in [3.05, 3.63) is 35.9 Å². The van der Waals surface area contributed by atoms with E-state index in [1.54, 1.807) is 31.4 Å². The lowest BCUT2D eigenvalue weighted by molar-refractivity contribution is -0.117. The minimum Gasteiger partial charge on any atom is -0.467 e. The van der Waals surface area contributed by atoms with E-state index in [1.807, 2.05) is 0 Å². The molecule has 2 aromatic heterocycles. The summed E-state index contributed by atoms with van der Waals surface area (Å²) in [6, 6.07) is 5.37. The average molecular weight is 319 g/mol. The maximum Gasteiger partial charge on any atom is 0.240 e. The van der Waals surface area contributed by atoms with Gasteiger partial charge in [-0.3, -0.25) is 15.0 Å². The van der Waals surface area contributed by atoms with Crippen molar-refractivity contribution >= 4 is 11.8 Å². The van der Waals surface area contributed by atoms with Crippen LogP contribution in [0.15, 0.2) is 33.4 Å². The molecule has 124 valence electrons. The van der Waals surface area contributed by atoms with E-state index in [2.05, 4.69) is 15.4 Å². The fourth-order valence-corrected chi connectivity index (χ4v) is 3.01. The van der Waals surface area contributed by atoms with Gasteiger partial charge in [0.05, 0.1) is 18.5 Å². The number of amides is 1. The molecule has 1 aliphatic rings. The first-order valence-electron chi connectivity index (χ1n) is 7.80. The van der Waals surface area contributed by atoms with Gasteiger partial charge in [-0.1, -0.05) is 5.16 Å². The van der Waals surface area contributed by atoms with Crippen LogP contribution in [0.3, 0.4) is 0 Å². The number of hydrogen-bond acceptors (Lipinski definition) is 6. The van der Waals surface area contributed by atoms with Crippen LogP contribution in [-0.2, 0) is 4.79 Å². The van der Waals surface area contributed by atoms with Crippen LogP contribution in [0.1, 0.15) is 36.8 Å². The first kappa shape index (κ1) is 15.8. The normalized spacial score (nSPS) is 19.8. The van der Waals surface area contributed by atoms with Crippen LogP contribution in [0.25, 0.3) is 0 Å². The molecule has 23 heavy (non-hydrogen) atoms. The van der Waals surface area contributed by atoms with E-state index >= 15 is 0 Å². The summed E-state index contributed by atoms with van der Waals surface area (Å²) < 4.78 is 10.2. The molecule has 7 nitrogen and oxygen atoms in total. The number of anilines is 1. The number of rotatable bonds is 6. The SMILES string of the molecule is Cc1cc(NC(=O)CN2CCCC2CC(O)c2ccco2)on1. The average Bonchev–Trinajstić information content (AvgIpc) is 3.22. The summed E-state index contributed by atoms with van der Waals surface area (Å²) in [5.74, 6) is 0.790. The minimum atomic E-state index is -0.643. The van der Waals surface area contributed by atoms with Crippen molar-refractivity contribution in [3.8, 4) is 0 Å². The van der Waals surface area contributed by atoms with Crippen molar-refractivity contribution in [1.82, 2.24) is 10.1 Å². The summed E-state index contributed by atoms with van der Waals surface area (Å²) in [5, 5.41) is 16.7. The molecule has 3 rings (SSSR count). The molecule has 0 spiro atoms. The van der Waals surface area contributed by atoms with Crippen LogP contribution < -0.4 is 5.32 Å². The zero-order valence-corrected chi connectivity index (χ0v) is 13.1. The van der Waals surface area contributed by atoms with Crippen LogP contribution in [0.2, 0.25) is 0 Å². The summed E-state index contributed by atoms with van der Waals surface area (Å²) in [6.07, 6.45) is 3.45. The number of nitrogens with one attached hydrogen (secondary N) is 1. The number of aliphatic hydroxyl groups excluding tert-OH is 1. The standard InChI is InChI=1S/C16H21N3O4/c1-11-8-16(23-18-11)17-15(21)10-19-6-2-4-12(19)9-13(20)14-5-3-7-22-14/h3,5,7-8,12-13,20H,2,4,6,9-10H2,1H3,(H,17,21). The largest absolute Gasteiger partial charge is 0.467 e. The number of carbonyl (C=O) groups excluding carboxylic acids is 1. The Balaban J connectivity index is 1.53. The van der Waals surface area contributed by atoms with Gasteiger partial charge in [0.15, 0.2) is 0 Å². The van der Waals surface area contributed by atoms with E-state index in [4.69, 9.17) is 8.94 Å². The molecule has 2 aromatic rings. The Labute approximate surface area is 134 Å². The Morgan fingerprint density at radius 3 is 3.17 bits per heavy atom. The molecule has 0 bridgehead atoms. The van der Waals surface area contributed by atoms with Crippen molar-refractivity contribution < 1.29 is 18.8 Å². The van der Waals surface area contributed by atoms with Crippen LogP contribution in [-0.4, -0.2) is 40.2 Å². The first-order chi connectivity index (χ1) is 11.1. The van der Waals surface area contributed by atoms with Gasteiger partial charge in [0.1, 0.15) is 11.9 Å². The van der Waals surface area contributed by atoms with E-state index in [9.17, 15) is 9.90 Å². The van der Waals surface area contributed by atoms with E-state index < -0.39 is 6.10 Å². The second-order valence-electron chi connectivity index (χ2n) is 5.91. The summed E-state index contributed by atoms with van der Waals surface area (Å²) in [5.41, 5.74) is 0.723. The summed E-state index contributed by atoms with van der Waals surface area (Å²) >= 11 is 0. The summed E-state index contributed by atoms with van der Waals surface area (Å²) in [4.78, 5) is 14.2. The quantitative estimate of drug-likeness (QED) is 0.847. The number of hydrogen-bond donors (Lipinski definition) is 2. The third kappa shape index (κ3) is 4.00. The molecule has 1 saturated heterocycles. The summed E-state index contributed by atoms with van der Waals surface area (Å²) in [7, 11) is 0. The fraction of sp³-hybridized carbons (Fsp3) is 0.500. The number of carbonyl (C=O) groups is 1. The zero-order chi connectivity index (χ0) is 16.2. The highest BCUT2D eigenvalue weighted by Crippen LogP contribution is 2.27. The van der Waals surface area contributed by atoms with E-state index in [0.29, 0.717) is 18.1 Å². The van der Waals surface area contributed by atoms with Gasteiger partial charge in [-0.2, -0.15) is 0 Å². The van der Waals surface area contributed by atoms with Crippen molar-refractivity contribution in [3.63, 3.8) is 0 Å². The van der Waals surface area contributed by atoms with Crippen LogP contribution in [0.4, 0.5) is 5.88 Å². The molecule has 2 N–H and O–H groups in total. The van der Waals surface area contributed by atoms with Crippen LogP contribution >= 0.6 is 0 Å². The van der Waals surface area contributed by atoms with Gasteiger partial charge in [-0.15, -0.1) is 0 Å². The lowest BCUT2D eigenvalue weighted by Crippen LogP contribution is -2.37. The zero-order valence-electron chi connectivity index (χ0n) is 13.1. The van der Waals surface area contributed by atoms with Gasteiger partial charge < -0.3 is 14.0 Å². The predicted molar refractivity (Wildman–Crippen MR) is 82.7 cm³/mol. The Bertz CT molecular complexity index is 638. The number of aromatic nitrogens is 1. The molecule has 1 fully saturated rings. The third-order valence-electron chi connectivity index (χ3n) is 4.10. The fourth-order valence-electron chi connectivity index (χ4n) is 3.01. The van der Waals surface area contributed by atoms with Gasteiger partial charge in [0.25, 0.3) is 0 Å². The molecule has 7 heteroatoms. The maximum absolute atomic E-state index is 12.1. The Morgan fingerprint density at radius 1 is 1.61 bits per heavy atom.